The second-order valence-electron chi connectivity index (χ2n) is 7.35. The van der Waals surface area contributed by atoms with Crippen LogP contribution in [0.2, 0.25) is 5.15 Å². The predicted molar refractivity (Wildman–Crippen MR) is 113 cm³/mol. The monoisotopic (exact) mass is 487 g/mol. The van der Waals surface area contributed by atoms with E-state index in [2.05, 4.69) is 32.1 Å². The van der Waals surface area contributed by atoms with Gasteiger partial charge in [0.2, 0.25) is 11.8 Å². The summed E-state index contributed by atoms with van der Waals surface area (Å²) in [4.78, 5) is 11.8. The lowest BCUT2D eigenvalue weighted by atomic mass is 10.0. The molecule has 33 heavy (non-hydrogen) atoms. The van der Waals surface area contributed by atoms with Crippen LogP contribution in [0.3, 0.4) is 0 Å². The van der Waals surface area contributed by atoms with Crippen LogP contribution in [-0.2, 0) is 0 Å². The molecule has 1 aliphatic carbocycles. The second-order valence-corrected chi connectivity index (χ2v) is 7.70. The lowest BCUT2D eigenvalue weighted by molar-refractivity contribution is -0.115. The topological polar surface area (TPSA) is 133 Å². The number of anilines is 2. The van der Waals surface area contributed by atoms with Gasteiger partial charge >= 0.3 is 6.18 Å². The van der Waals surface area contributed by atoms with Gasteiger partial charge in [-0.2, -0.15) is 23.1 Å². The molecule has 0 aliphatic heterocycles. The summed E-state index contributed by atoms with van der Waals surface area (Å²) in [5, 5.41) is 35.0. The molecule has 1 fully saturated rings. The van der Waals surface area contributed by atoms with Crippen LogP contribution in [-0.4, -0.2) is 68.5 Å². The van der Waals surface area contributed by atoms with Gasteiger partial charge in [0, 0.05) is 30.4 Å². The van der Waals surface area contributed by atoms with Gasteiger partial charge in [0.15, 0.2) is 16.7 Å². The maximum atomic E-state index is 12.6. The van der Waals surface area contributed by atoms with E-state index in [4.69, 9.17) is 16.3 Å². The fourth-order valence-corrected chi connectivity index (χ4v) is 3.45. The lowest BCUT2D eigenvalue weighted by Gasteiger charge is -2.30. The molecule has 2 heterocycles. The number of aliphatic hydroxyl groups excluding tert-OH is 2. The van der Waals surface area contributed by atoms with Crippen molar-refractivity contribution in [1.82, 2.24) is 15.0 Å². The number of aromatic nitrogens is 3. The molecule has 3 rings (SSSR count). The molecule has 0 amide bonds. The summed E-state index contributed by atoms with van der Waals surface area (Å²) in [5.41, 5.74) is -1.46. The van der Waals surface area contributed by atoms with E-state index in [-0.39, 0.29) is 29.6 Å². The molecular formula is C20H21ClF3N5O4. The Morgan fingerprint density at radius 2 is 2.06 bits per heavy atom. The minimum atomic E-state index is -4.53. The van der Waals surface area contributed by atoms with Crippen molar-refractivity contribution >= 4 is 23.4 Å². The number of methoxy groups -OCH3 is 1. The zero-order valence-electron chi connectivity index (χ0n) is 17.3. The third-order valence-electron chi connectivity index (χ3n) is 4.99. The van der Waals surface area contributed by atoms with E-state index in [1.165, 1.54) is 13.3 Å². The lowest BCUT2D eigenvalue weighted by Crippen LogP contribution is -2.48. The van der Waals surface area contributed by atoms with E-state index < -0.39 is 36.4 Å². The molecule has 0 spiro atoms. The van der Waals surface area contributed by atoms with Crippen LogP contribution in [0, 0.1) is 17.8 Å². The summed E-state index contributed by atoms with van der Waals surface area (Å²) in [7, 11) is 1.46. The molecule has 5 N–H and O–H groups in total. The highest BCUT2D eigenvalue weighted by molar-refractivity contribution is 6.31. The van der Waals surface area contributed by atoms with Crippen molar-refractivity contribution in [2.75, 3.05) is 30.9 Å². The number of ether oxygens (including phenoxy) is 1. The molecular weight excluding hydrogens is 467 g/mol. The molecule has 0 radical (unpaired) electrons. The first kappa shape index (κ1) is 24.8. The Morgan fingerprint density at radius 1 is 1.30 bits per heavy atom. The number of hydrogen-bond donors (Lipinski definition) is 5. The Balaban J connectivity index is 1.98. The Morgan fingerprint density at radius 3 is 2.64 bits per heavy atom. The number of nitrogens with zero attached hydrogens (tertiary/aromatic N) is 3. The summed E-state index contributed by atoms with van der Waals surface area (Å²) in [6.07, 6.45) is -4.11. The average Bonchev–Trinajstić information content (AvgIpc) is 3.05. The zero-order chi connectivity index (χ0) is 24.2. The number of pyridine rings is 1. The highest BCUT2D eigenvalue weighted by atomic mass is 35.5. The van der Waals surface area contributed by atoms with E-state index in [0.717, 1.165) is 0 Å². The number of halogens is 4. The van der Waals surface area contributed by atoms with E-state index in [9.17, 15) is 28.5 Å². The van der Waals surface area contributed by atoms with Crippen LogP contribution < -0.4 is 15.4 Å². The fourth-order valence-electron chi connectivity index (χ4n) is 3.24. The maximum absolute atomic E-state index is 12.6. The minimum Gasteiger partial charge on any atom is -0.481 e. The van der Waals surface area contributed by atoms with Crippen molar-refractivity contribution in [2.45, 2.75) is 30.8 Å². The highest BCUT2D eigenvalue weighted by Gasteiger charge is 2.47. The first-order valence-corrected chi connectivity index (χ1v) is 10.1. The van der Waals surface area contributed by atoms with Gasteiger partial charge in [0.25, 0.3) is 0 Å². The summed E-state index contributed by atoms with van der Waals surface area (Å²) >= 11 is 6.19. The van der Waals surface area contributed by atoms with Gasteiger partial charge in [-0.25, -0.2) is 4.98 Å². The molecule has 0 aromatic carbocycles. The summed E-state index contributed by atoms with van der Waals surface area (Å²) in [5.74, 6) is 4.65. The quantitative estimate of drug-likeness (QED) is 0.235. The second kappa shape index (κ2) is 9.96. The van der Waals surface area contributed by atoms with Crippen molar-refractivity contribution in [3.8, 4) is 17.7 Å². The normalized spacial score (nSPS) is 22.4. The van der Waals surface area contributed by atoms with E-state index in [0.29, 0.717) is 17.9 Å². The van der Waals surface area contributed by atoms with Gasteiger partial charge in [0.05, 0.1) is 7.11 Å². The first-order valence-electron chi connectivity index (χ1n) is 9.74. The van der Waals surface area contributed by atoms with Crippen LogP contribution in [0.25, 0.3) is 0 Å². The number of aliphatic hydroxyl groups is 3. The Labute approximate surface area is 192 Å². The van der Waals surface area contributed by atoms with E-state index >= 15 is 0 Å². The molecule has 3 atom stereocenters. The third-order valence-corrected chi connectivity index (χ3v) is 5.26. The van der Waals surface area contributed by atoms with Crippen LogP contribution in [0.5, 0.6) is 5.88 Å². The van der Waals surface area contributed by atoms with Crippen LogP contribution in [0.1, 0.15) is 24.0 Å². The fraction of sp³-hybridized carbons (Fsp3) is 0.450. The molecule has 0 bridgehead atoms. The van der Waals surface area contributed by atoms with Gasteiger partial charge in [-0.15, -0.1) is 0 Å². The van der Waals surface area contributed by atoms with Crippen molar-refractivity contribution in [2.24, 2.45) is 5.92 Å². The Hall–Kier alpha value is -2.85. The highest BCUT2D eigenvalue weighted by Crippen LogP contribution is 2.36. The Bertz CT molecular complexity index is 1040. The van der Waals surface area contributed by atoms with Gasteiger partial charge in [-0.3, -0.25) is 0 Å². The predicted octanol–water partition coefficient (Wildman–Crippen LogP) is 1.77. The SMILES string of the molecule is COc1ccc(C#Cc2c(Cl)nc(NCC(F)(F)F)nc2N[C@@]2(O)CC[C@H](CO)[C@H]2O)cn1. The van der Waals surface area contributed by atoms with Gasteiger partial charge in [-0.05, 0) is 18.9 Å². The van der Waals surface area contributed by atoms with Crippen molar-refractivity contribution in [3.05, 3.63) is 34.6 Å². The molecule has 1 aliphatic rings. The number of alkyl halides is 3. The molecule has 1 saturated carbocycles. The largest absolute Gasteiger partial charge is 0.481 e. The smallest absolute Gasteiger partial charge is 0.405 e. The molecule has 2 aromatic rings. The number of rotatable bonds is 6. The summed E-state index contributed by atoms with van der Waals surface area (Å²) in [6, 6.07) is 3.21. The average molecular weight is 488 g/mol. The van der Waals surface area contributed by atoms with Crippen molar-refractivity contribution in [1.29, 1.82) is 0 Å². The number of hydrogen-bond acceptors (Lipinski definition) is 9. The standard InChI is InChI=1S/C20H21ClF3N5O4/c1-33-14-5-3-11(8-25-14)2-4-13-16(21)27-18(26-10-20(22,23)24)28-17(13)29-19(32)7-6-12(9-30)15(19)31/h3,5,8,12,15,30-32H,6-7,9-10H2,1H3,(H2,26,27,28,29)/t12-,15-,19-/m1/s1. The van der Waals surface area contributed by atoms with Gasteiger partial charge in [-0.1, -0.05) is 23.4 Å². The molecule has 0 saturated heterocycles. The third kappa shape index (κ3) is 6.14. The zero-order valence-corrected chi connectivity index (χ0v) is 18.1. The van der Waals surface area contributed by atoms with Gasteiger partial charge < -0.3 is 30.7 Å². The van der Waals surface area contributed by atoms with Crippen molar-refractivity contribution in [3.63, 3.8) is 0 Å². The Kier molecular flexibility index (Phi) is 7.48. The van der Waals surface area contributed by atoms with Crippen LogP contribution in [0.4, 0.5) is 24.9 Å². The molecule has 13 heteroatoms. The minimum absolute atomic E-state index is 0.0156. The van der Waals surface area contributed by atoms with E-state index in [1.807, 2.05) is 5.32 Å². The molecule has 0 unspecified atom stereocenters. The summed E-state index contributed by atoms with van der Waals surface area (Å²) in [6.45, 7) is -1.77. The van der Waals surface area contributed by atoms with Gasteiger partial charge in [0.1, 0.15) is 18.2 Å². The molecule has 2 aromatic heterocycles. The molecule has 9 nitrogen and oxygen atoms in total. The van der Waals surface area contributed by atoms with Crippen LogP contribution in [0.15, 0.2) is 18.3 Å². The maximum Gasteiger partial charge on any atom is 0.405 e. The number of nitrogens with one attached hydrogen (secondary N) is 2. The first-order chi connectivity index (χ1) is 15.5. The molecule has 178 valence electrons. The van der Waals surface area contributed by atoms with E-state index in [1.54, 1.807) is 12.1 Å². The summed E-state index contributed by atoms with van der Waals surface area (Å²) < 4.78 is 42.8. The van der Waals surface area contributed by atoms with Crippen molar-refractivity contribution < 1.29 is 33.2 Å². The van der Waals surface area contributed by atoms with Crippen LogP contribution >= 0.6 is 11.6 Å².